The van der Waals surface area contributed by atoms with Gasteiger partial charge < -0.3 is 10.6 Å². The SMILES string of the molecule is CC(C)c1ccccc1NC(=O)[C@@H]1CS[C@H](Cc2ccc(F)cc2)C(=O)N1. The number of hydrogen-bond donors (Lipinski definition) is 2. The number of amides is 2. The van der Waals surface area contributed by atoms with Crippen molar-refractivity contribution in [3.05, 3.63) is 65.5 Å². The normalized spacial score (nSPS) is 19.6. The van der Waals surface area contributed by atoms with Gasteiger partial charge in [0, 0.05) is 11.4 Å². The van der Waals surface area contributed by atoms with Gasteiger partial charge in [-0.25, -0.2) is 4.39 Å². The van der Waals surface area contributed by atoms with Crippen molar-refractivity contribution in [3.8, 4) is 0 Å². The minimum Gasteiger partial charge on any atom is -0.343 e. The molecule has 0 unspecified atom stereocenters. The minimum atomic E-state index is -0.563. The molecule has 0 radical (unpaired) electrons. The van der Waals surface area contributed by atoms with Crippen molar-refractivity contribution in [1.29, 1.82) is 0 Å². The standard InChI is InChI=1S/C21H23FN2O2S/c1-13(2)16-5-3-4-6-17(16)23-20(25)18-12-27-19(21(26)24-18)11-14-7-9-15(22)10-8-14/h3-10,13,18-19H,11-12H2,1-2H3,(H,23,25)(H,24,26)/t18-,19+/m0/s1. The molecule has 1 saturated heterocycles. The van der Waals surface area contributed by atoms with Gasteiger partial charge in [-0.3, -0.25) is 9.59 Å². The topological polar surface area (TPSA) is 58.2 Å². The van der Waals surface area contributed by atoms with Gasteiger partial charge in [0.1, 0.15) is 11.9 Å². The molecule has 3 rings (SSSR count). The first kappa shape index (κ1) is 19.4. The molecule has 6 heteroatoms. The van der Waals surface area contributed by atoms with E-state index in [0.717, 1.165) is 16.8 Å². The quantitative estimate of drug-likeness (QED) is 0.823. The number of halogens is 1. The third kappa shape index (κ3) is 4.89. The lowest BCUT2D eigenvalue weighted by atomic mass is 10.0. The van der Waals surface area contributed by atoms with Crippen LogP contribution in [0.2, 0.25) is 0 Å². The third-order valence-electron chi connectivity index (χ3n) is 4.56. The molecule has 0 spiro atoms. The maximum Gasteiger partial charge on any atom is 0.247 e. The first-order chi connectivity index (χ1) is 12.9. The summed E-state index contributed by atoms with van der Waals surface area (Å²) in [5.41, 5.74) is 2.75. The number of nitrogens with one attached hydrogen (secondary N) is 2. The van der Waals surface area contributed by atoms with Gasteiger partial charge in [0.25, 0.3) is 0 Å². The zero-order chi connectivity index (χ0) is 19.4. The molecule has 1 aliphatic rings. The van der Waals surface area contributed by atoms with Gasteiger partial charge in [-0.2, -0.15) is 0 Å². The molecule has 2 N–H and O–H groups in total. The Labute approximate surface area is 162 Å². The van der Waals surface area contributed by atoms with Crippen LogP contribution in [0.4, 0.5) is 10.1 Å². The van der Waals surface area contributed by atoms with Crippen LogP contribution in [-0.2, 0) is 16.0 Å². The average Bonchev–Trinajstić information content (AvgIpc) is 2.65. The number of hydrogen-bond acceptors (Lipinski definition) is 3. The maximum absolute atomic E-state index is 13.0. The Bertz CT molecular complexity index is 823. The molecule has 1 aliphatic heterocycles. The van der Waals surface area contributed by atoms with Crippen molar-refractivity contribution in [2.75, 3.05) is 11.1 Å². The lowest BCUT2D eigenvalue weighted by molar-refractivity contribution is -0.126. The molecule has 2 amide bonds. The largest absolute Gasteiger partial charge is 0.343 e. The van der Waals surface area contributed by atoms with Gasteiger partial charge in [-0.05, 0) is 41.7 Å². The summed E-state index contributed by atoms with van der Waals surface area (Å²) in [6.45, 7) is 4.15. The van der Waals surface area contributed by atoms with Gasteiger partial charge in [-0.1, -0.05) is 44.2 Å². The Morgan fingerprint density at radius 2 is 1.93 bits per heavy atom. The number of carbonyl (C=O) groups is 2. The lowest BCUT2D eigenvalue weighted by Crippen LogP contribution is -2.52. The number of thioether (sulfide) groups is 1. The summed E-state index contributed by atoms with van der Waals surface area (Å²) in [7, 11) is 0. The van der Waals surface area contributed by atoms with Gasteiger partial charge in [0.05, 0.1) is 5.25 Å². The second kappa shape index (κ2) is 8.57. The van der Waals surface area contributed by atoms with E-state index in [-0.39, 0.29) is 28.8 Å². The van der Waals surface area contributed by atoms with E-state index in [4.69, 9.17) is 0 Å². The predicted molar refractivity (Wildman–Crippen MR) is 107 cm³/mol. The van der Waals surface area contributed by atoms with E-state index >= 15 is 0 Å². The average molecular weight is 386 g/mol. The molecule has 142 valence electrons. The fraction of sp³-hybridized carbons (Fsp3) is 0.333. The van der Waals surface area contributed by atoms with E-state index in [1.165, 1.54) is 23.9 Å². The van der Waals surface area contributed by atoms with Crippen molar-refractivity contribution < 1.29 is 14.0 Å². The Morgan fingerprint density at radius 3 is 2.59 bits per heavy atom. The Balaban J connectivity index is 1.60. The van der Waals surface area contributed by atoms with Crippen LogP contribution in [0.5, 0.6) is 0 Å². The summed E-state index contributed by atoms with van der Waals surface area (Å²) in [5.74, 6) is 0.139. The molecule has 1 heterocycles. The zero-order valence-corrected chi connectivity index (χ0v) is 16.2. The summed E-state index contributed by atoms with van der Waals surface area (Å²) >= 11 is 1.46. The number of benzene rings is 2. The summed E-state index contributed by atoms with van der Waals surface area (Å²) in [6, 6.07) is 13.3. The van der Waals surface area contributed by atoms with E-state index in [1.54, 1.807) is 12.1 Å². The van der Waals surface area contributed by atoms with Gasteiger partial charge >= 0.3 is 0 Å². The first-order valence-corrected chi connectivity index (χ1v) is 10.0. The lowest BCUT2D eigenvalue weighted by Gasteiger charge is -2.28. The van der Waals surface area contributed by atoms with E-state index in [9.17, 15) is 14.0 Å². The number of para-hydroxylation sites is 1. The van der Waals surface area contributed by atoms with Gasteiger partial charge in [0.15, 0.2) is 0 Å². The Kier molecular flexibility index (Phi) is 6.16. The second-order valence-electron chi connectivity index (χ2n) is 6.94. The number of rotatable bonds is 5. The Morgan fingerprint density at radius 1 is 1.22 bits per heavy atom. The van der Waals surface area contributed by atoms with Crippen LogP contribution >= 0.6 is 11.8 Å². The smallest absolute Gasteiger partial charge is 0.247 e. The van der Waals surface area contributed by atoms with Crippen LogP contribution in [0.1, 0.15) is 30.9 Å². The monoisotopic (exact) mass is 386 g/mol. The first-order valence-electron chi connectivity index (χ1n) is 9.00. The predicted octanol–water partition coefficient (Wildman–Crippen LogP) is 3.73. The highest BCUT2D eigenvalue weighted by atomic mass is 32.2. The summed E-state index contributed by atoms with van der Waals surface area (Å²) < 4.78 is 13.0. The molecule has 0 saturated carbocycles. The van der Waals surface area contributed by atoms with Crippen LogP contribution in [-0.4, -0.2) is 28.9 Å². The van der Waals surface area contributed by atoms with E-state index < -0.39 is 6.04 Å². The molecule has 0 aliphatic carbocycles. The third-order valence-corrected chi connectivity index (χ3v) is 5.87. The molecule has 0 aromatic heterocycles. The molecule has 2 aromatic rings. The van der Waals surface area contributed by atoms with Crippen LogP contribution in [0.3, 0.4) is 0 Å². The van der Waals surface area contributed by atoms with Gasteiger partial charge in [-0.15, -0.1) is 11.8 Å². The summed E-state index contributed by atoms with van der Waals surface area (Å²) in [4.78, 5) is 25.0. The van der Waals surface area contributed by atoms with Crippen LogP contribution in [0.15, 0.2) is 48.5 Å². The van der Waals surface area contributed by atoms with E-state index in [1.807, 2.05) is 24.3 Å². The van der Waals surface area contributed by atoms with Crippen LogP contribution < -0.4 is 10.6 Å². The molecule has 4 nitrogen and oxygen atoms in total. The fourth-order valence-corrected chi connectivity index (χ4v) is 4.25. The second-order valence-corrected chi connectivity index (χ2v) is 8.18. The zero-order valence-electron chi connectivity index (χ0n) is 15.4. The summed E-state index contributed by atoms with van der Waals surface area (Å²) in [5, 5.41) is 5.49. The van der Waals surface area contributed by atoms with Crippen LogP contribution in [0, 0.1) is 5.82 Å². The molecular weight excluding hydrogens is 363 g/mol. The highest BCUT2D eigenvalue weighted by molar-refractivity contribution is 8.00. The number of anilines is 1. The summed E-state index contributed by atoms with van der Waals surface area (Å²) in [6.07, 6.45) is 0.515. The van der Waals surface area contributed by atoms with Crippen molar-refractivity contribution >= 4 is 29.3 Å². The van der Waals surface area contributed by atoms with Crippen molar-refractivity contribution in [1.82, 2.24) is 5.32 Å². The highest BCUT2D eigenvalue weighted by Crippen LogP contribution is 2.26. The maximum atomic E-state index is 13.0. The van der Waals surface area contributed by atoms with Crippen LogP contribution in [0.25, 0.3) is 0 Å². The van der Waals surface area contributed by atoms with Gasteiger partial charge in [0.2, 0.25) is 11.8 Å². The van der Waals surface area contributed by atoms with E-state index in [2.05, 4.69) is 24.5 Å². The molecule has 1 fully saturated rings. The minimum absolute atomic E-state index is 0.159. The van der Waals surface area contributed by atoms with Crippen molar-refractivity contribution in [2.24, 2.45) is 0 Å². The highest BCUT2D eigenvalue weighted by Gasteiger charge is 2.32. The molecule has 2 atom stereocenters. The van der Waals surface area contributed by atoms with Crippen molar-refractivity contribution in [3.63, 3.8) is 0 Å². The molecule has 2 aromatic carbocycles. The Hall–Kier alpha value is -2.34. The molecule has 0 bridgehead atoms. The molecule has 27 heavy (non-hydrogen) atoms. The molecular formula is C21H23FN2O2S. The van der Waals surface area contributed by atoms with E-state index in [0.29, 0.717) is 12.2 Å². The number of carbonyl (C=O) groups excluding carboxylic acids is 2. The fourth-order valence-electron chi connectivity index (χ4n) is 3.06. The van der Waals surface area contributed by atoms with Crippen molar-refractivity contribution in [2.45, 2.75) is 37.5 Å².